The molecule has 0 spiro atoms. The van der Waals surface area contributed by atoms with Gasteiger partial charge in [0, 0.05) is 11.7 Å². The third-order valence-corrected chi connectivity index (χ3v) is 3.49. The number of hydrogen-bond donors (Lipinski definition) is 2. The molecule has 1 aromatic rings. The van der Waals surface area contributed by atoms with E-state index in [1.54, 1.807) is 6.92 Å². The highest BCUT2D eigenvalue weighted by Crippen LogP contribution is 2.37. The molecule has 0 aromatic heterocycles. The van der Waals surface area contributed by atoms with Crippen LogP contribution in [0.1, 0.15) is 38.8 Å². The number of carbonyl (C=O) groups excluding carboxylic acids is 1. The van der Waals surface area contributed by atoms with Crippen LogP contribution in [0.5, 0.6) is 0 Å². The second-order valence-corrected chi connectivity index (χ2v) is 6.48. The third-order valence-electron chi connectivity index (χ3n) is 3.49. The molecule has 0 radical (unpaired) electrons. The minimum atomic E-state index is -4.97. The van der Waals surface area contributed by atoms with Crippen molar-refractivity contribution >= 4 is 11.7 Å². The number of nitrogens with one attached hydrogen (secondary N) is 2. The van der Waals surface area contributed by atoms with E-state index >= 15 is 0 Å². The highest BCUT2D eigenvalue weighted by Gasteiger charge is 2.37. The average molecular weight is 356 g/mol. The summed E-state index contributed by atoms with van der Waals surface area (Å²) in [5.41, 5.74) is -3.90. The number of hydrogen-bond acceptors (Lipinski definition) is 1. The minimum absolute atomic E-state index is 0.000857. The van der Waals surface area contributed by atoms with E-state index in [0.29, 0.717) is 12.1 Å². The molecule has 2 N–H and O–H groups in total. The van der Waals surface area contributed by atoms with Gasteiger partial charge in [0.05, 0.1) is 11.1 Å². The van der Waals surface area contributed by atoms with Crippen LogP contribution < -0.4 is 10.6 Å². The zero-order valence-electron chi connectivity index (χ0n) is 13.5. The molecule has 0 saturated carbocycles. The van der Waals surface area contributed by atoms with E-state index in [2.05, 4.69) is 5.32 Å². The van der Waals surface area contributed by atoms with Gasteiger partial charge in [0.1, 0.15) is 0 Å². The van der Waals surface area contributed by atoms with Gasteiger partial charge >= 0.3 is 18.4 Å². The normalized spacial score (nSPS) is 14.2. The smallest absolute Gasteiger partial charge is 0.335 e. The predicted molar refractivity (Wildman–Crippen MR) is 77.5 cm³/mol. The fourth-order valence-corrected chi connectivity index (χ4v) is 1.61. The van der Waals surface area contributed by atoms with E-state index < -0.39 is 35.2 Å². The Morgan fingerprint density at radius 2 is 1.33 bits per heavy atom. The lowest BCUT2D eigenvalue weighted by Gasteiger charge is -2.28. The molecule has 0 aliphatic heterocycles. The van der Waals surface area contributed by atoms with Crippen LogP contribution in [0.3, 0.4) is 0 Å². The predicted octanol–water partition coefficient (Wildman–Crippen LogP) is 5.28. The van der Waals surface area contributed by atoms with Crippen molar-refractivity contribution in [1.29, 1.82) is 0 Å². The van der Waals surface area contributed by atoms with Crippen LogP contribution in [-0.4, -0.2) is 12.1 Å². The average Bonchev–Trinajstić information content (AvgIpc) is 2.34. The van der Waals surface area contributed by atoms with E-state index in [1.165, 1.54) is 0 Å². The van der Waals surface area contributed by atoms with Gasteiger partial charge in [-0.25, -0.2) is 4.79 Å². The summed E-state index contributed by atoms with van der Waals surface area (Å²) in [4.78, 5) is 11.8. The van der Waals surface area contributed by atoms with Gasteiger partial charge in [-0.05, 0) is 30.5 Å². The van der Waals surface area contributed by atoms with Gasteiger partial charge in [-0.1, -0.05) is 20.8 Å². The highest BCUT2D eigenvalue weighted by molar-refractivity contribution is 5.89. The van der Waals surface area contributed by atoms with E-state index in [4.69, 9.17) is 0 Å². The van der Waals surface area contributed by atoms with Gasteiger partial charge in [0.25, 0.3) is 0 Å². The van der Waals surface area contributed by atoms with Gasteiger partial charge < -0.3 is 10.6 Å². The van der Waals surface area contributed by atoms with Crippen LogP contribution in [-0.2, 0) is 12.4 Å². The summed E-state index contributed by atoms with van der Waals surface area (Å²) in [5, 5.41) is 4.49. The van der Waals surface area contributed by atoms with E-state index in [1.807, 2.05) is 26.1 Å². The van der Waals surface area contributed by atoms with Crippen molar-refractivity contribution in [1.82, 2.24) is 5.32 Å². The second-order valence-electron chi connectivity index (χ2n) is 6.48. The van der Waals surface area contributed by atoms with Crippen molar-refractivity contribution in [2.75, 3.05) is 5.32 Å². The number of alkyl halides is 6. The molecule has 1 rings (SSSR count). The van der Waals surface area contributed by atoms with Crippen LogP contribution in [0.4, 0.5) is 36.8 Å². The Morgan fingerprint density at radius 3 is 1.67 bits per heavy atom. The summed E-state index contributed by atoms with van der Waals surface area (Å²) in [6, 6.07) is -0.330. The zero-order valence-corrected chi connectivity index (χ0v) is 13.5. The van der Waals surface area contributed by atoms with Gasteiger partial charge in [-0.15, -0.1) is 0 Å². The molecule has 0 aliphatic rings. The standard InChI is InChI=1S/C15H18F6N2O/c1-8(13(2,3)4)22-12(24)23-11-6-9(14(16,17)18)5-10(7-11)15(19,20)21/h5-8H,1-4H3,(H2,22,23,24). The lowest BCUT2D eigenvalue weighted by Crippen LogP contribution is -2.43. The molecular weight excluding hydrogens is 338 g/mol. The second kappa shape index (κ2) is 6.52. The molecule has 9 heteroatoms. The summed E-state index contributed by atoms with van der Waals surface area (Å²) >= 11 is 0. The maximum absolute atomic E-state index is 12.7. The molecule has 0 bridgehead atoms. The first-order valence-corrected chi connectivity index (χ1v) is 6.97. The number of urea groups is 1. The molecule has 0 saturated heterocycles. The quantitative estimate of drug-likeness (QED) is 0.696. The van der Waals surface area contributed by atoms with Gasteiger partial charge in [0.2, 0.25) is 0 Å². The lowest BCUT2D eigenvalue weighted by atomic mass is 9.88. The Balaban J connectivity index is 3.09. The maximum atomic E-state index is 12.7. The van der Waals surface area contributed by atoms with Crippen molar-refractivity contribution in [3.05, 3.63) is 29.3 Å². The molecule has 1 aromatic carbocycles. The number of anilines is 1. The highest BCUT2D eigenvalue weighted by atomic mass is 19.4. The minimum Gasteiger partial charge on any atom is -0.335 e. The monoisotopic (exact) mass is 356 g/mol. The van der Waals surface area contributed by atoms with Gasteiger partial charge in [-0.3, -0.25) is 0 Å². The van der Waals surface area contributed by atoms with Crippen LogP contribution in [0.2, 0.25) is 0 Å². The molecule has 0 fully saturated rings. The first kappa shape index (κ1) is 20.1. The van der Waals surface area contributed by atoms with Crippen LogP contribution >= 0.6 is 0 Å². The Labute approximate surface area is 135 Å². The van der Waals surface area contributed by atoms with Crippen molar-refractivity contribution in [2.45, 2.75) is 46.1 Å². The molecule has 2 amide bonds. The zero-order chi connectivity index (χ0) is 18.9. The Morgan fingerprint density at radius 1 is 0.917 bits per heavy atom. The topological polar surface area (TPSA) is 41.1 Å². The van der Waals surface area contributed by atoms with Gasteiger partial charge in [-0.2, -0.15) is 26.3 Å². The Kier molecular flexibility index (Phi) is 5.47. The number of benzene rings is 1. The van der Waals surface area contributed by atoms with E-state index in [9.17, 15) is 31.1 Å². The van der Waals surface area contributed by atoms with Gasteiger partial charge in [0.15, 0.2) is 0 Å². The van der Waals surface area contributed by atoms with Crippen molar-refractivity contribution in [2.24, 2.45) is 5.41 Å². The summed E-state index contributed by atoms with van der Waals surface area (Å²) in [5.74, 6) is 0. The molecule has 1 atom stereocenters. The van der Waals surface area contributed by atoms with Crippen LogP contribution in [0.15, 0.2) is 18.2 Å². The fraction of sp³-hybridized carbons (Fsp3) is 0.533. The SMILES string of the molecule is CC(NC(=O)Nc1cc(C(F)(F)F)cc(C(F)(F)F)c1)C(C)(C)C. The Hall–Kier alpha value is -1.93. The van der Waals surface area contributed by atoms with Crippen molar-refractivity contribution < 1.29 is 31.1 Å². The van der Waals surface area contributed by atoms with E-state index in [-0.39, 0.29) is 17.5 Å². The molecule has 24 heavy (non-hydrogen) atoms. The molecule has 0 aliphatic carbocycles. The third kappa shape index (κ3) is 5.61. The lowest BCUT2D eigenvalue weighted by molar-refractivity contribution is -0.143. The number of halogens is 6. The molecule has 3 nitrogen and oxygen atoms in total. The largest absolute Gasteiger partial charge is 0.416 e. The summed E-state index contributed by atoms with van der Waals surface area (Å²) in [6.45, 7) is 7.14. The van der Waals surface area contributed by atoms with E-state index in [0.717, 1.165) is 0 Å². The molecular formula is C15H18F6N2O. The van der Waals surface area contributed by atoms with Crippen LogP contribution in [0.25, 0.3) is 0 Å². The summed E-state index contributed by atoms with van der Waals surface area (Å²) < 4.78 is 76.5. The van der Waals surface area contributed by atoms with Crippen molar-refractivity contribution in [3.63, 3.8) is 0 Å². The molecule has 0 heterocycles. The molecule has 136 valence electrons. The first-order chi connectivity index (χ1) is 10.6. The van der Waals surface area contributed by atoms with Crippen LogP contribution in [0, 0.1) is 5.41 Å². The molecule has 1 unspecified atom stereocenters. The number of carbonyl (C=O) groups is 1. The summed E-state index contributed by atoms with van der Waals surface area (Å²) in [7, 11) is 0. The number of rotatable bonds is 2. The van der Waals surface area contributed by atoms with Crippen molar-refractivity contribution in [3.8, 4) is 0 Å². The maximum Gasteiger partial charge on any atom is 0.416 e. The first-order valence-electron chi connectivity index (χ1n) is 6.97. The fourth-order valence-electron chi connectivity index (χ4n) is 1.61. The summed E-state index contributed by atoms with van der Waals surface area (Å²) in [6.07, 6.45) is -9.93. The Bertz CT molecular complexity index is 569. The number of amides is 2.